The van der Waals surface area contributed by atoms with Crippen LogP contribution in [0, 0.1) is 5.92 Å². The van der Waals surface area contributed by atoms with E-state index in [2.05, 4.69) is 60.4 Å². The number of rotatable bonds is 5. The van der Waals surface area contributed by atoms with Crippen LogP contribution in [0.3, 0.4) is 0 Å². The van der Waals surface area contributed by atoms with E-state index in [4.69, 9.17) is 13.9 Å². The molecule has 0 fully saturated rings. The lowest BCUT2D eigenvalue weighted by Crippen LogP contribution is -2.59. The number of ether oxygens (including phenoxy) is 2. The van der Waals surface area contributed by atoms with Crippen molar-refractivity contribution < 1.29 is 13.9 Å². The lowest BCUT2D eigenvalue weighted by Gasteiger charge is -2.51. The van der Waals surface area contributed by atoms with Crippen molar-refractivity contribution in [2.24, 2.45) is 5.92 Å². The Balaban J connectivity index is 3.25. The molecule has 130 valence electrons. The Hall–Kier alpha value is -0.266. The predicted molar refractivity (Wildman–Crippen MR) is 98.9 cm³/mol. The van der Waals surface area contributed by atoms with Gasteiger partial charge in [0.25, 0.3) is 0 Å². The zero-order chi connectivity index (χ0) is 17.6. The van der Waals surface area contributed by atoms with E-state index in [1.54, 1.807) is 0 Å². The lowest BCUT2D eigenvalue weighted by atomic mass is 9.99. The van der Waals surface area contributed by atoms with Crippen molar-refractivity contribution in [3.63, 3.8) is 0 Å². The minimum Gasteiger partial charge on any atom is -0.544 e. The molecular formula is C17H36O3Si2. The molecule has 0 aromatic carbocycles. The van der Waals surface area contributed by atoms with E-state index < -0.39 is 22.2 Å². The monoisotopic (exact) mass is 344 g/mol. The first-order valence-corrected chi connectivity index (χ1v) is 14.8. The summed E-state index contributed by atoms with van der Waals surface area (Å²) in [5, 5.41) is 0.229. The Morgan fingerprint density at radius 2 is 1.64 bits per heavy atom. The number of hydrogen-bond donors (Lipinski definition) is 0. The Morgan fingerprint density at radius 1 is 1.14 bits per heavy atom. The molecule has 0 radical (unpaired) electrons. The average molecular weight is 345 g/mol. The van der Waals surface area contributed by atoms with E-state index in [1.807, 2.05) is 20.1 Å². The summed E-state index contributed by atoms with van der Waals surface area (Å²) < 4.78 is 18.5. The minimum atomic E-state index is -1.82. The summed E-state index contributed by atoms with van der Waals surface area (Å²) in [7, 11) is -3.52. The Morgan fingerprint density at radius 3 is 2.05 bits per heavy atom. The first-order chi connectivity index (χ1) is 9.60. The van der Waals surface area contributed by atoms with Gasteiger partial charge in [0.15, 0.2) is 0 Å². The molecule has 0 aromatic rings. The molecule has 5 heteroatoms. The van der Waals surface area contributed by atoms with Crippen LogP contribution < -0.4 is 0 Å². The van der Waals surface area contributed by atoms with Crippen LogP contribution in [0.25, 0.3) is 0 Å². The molecule has 0 spiro atoms. The zero-order valence-electron chi connectivity index (χ0n) is 16.5. The van der Waals surface area contributed by atoms with Gasteiger partial charge in [0.05, 0.1) is 8.07 Å². The molecule has 1 atom stereocenters. The van der Waals surface area contributed by atoms with Crippen LogP contribution in [0.1, 0.15) is 41.5 Å². The van der Waals surface area contributed by atoms with E-state index in [-0.39, 0.29) is 10.8 Å². The maximum atomic E-state index is 6.40. The van der Waals surface area contributed by atoms with Crippen LogP contribution in [-0.4, -0.2) is 27.9 Å². The van der Waals surface area contributed by atoms with Crippen LogP contribution >= 0.6 is 0 Å². The van der Waals surface area contributed by atoms with E-state index in [9.17, 15) is 0 Å². The smallest absolute Gasteiger partial charge is 0.242 e. The summed E-state index contributed by atoms with van der Waals surface area (Å²) >= 11 is 0. The molecule has 0 saturated carbocycles. The fraction of sp³-hybridized carbons (Fsp3) is 0.882. The van der Waals surface area contributed by atoms with Gasteiger partial charge < -0.3 is 13.9 Å². The Bertz CT molecular complexity index is 432. The van der Waals surface area contributed by atoms with Crippen LogP contribution in [0.2, 0.25) is 37.8 Å². The van der Waals surface area contributed by atoms with Gasteiger partial charge in [-0.25, -0.2) is 0 Å². The maximum absolute atomic E-state index is 6.40. The summed E-state index contributed by atoms with van der Waals surface area (Å²) in [6.45, 7) is 24.8. The second kappa shape index (κ2) is 5.98. The highest BCUT2D eigenvalue weighted by Gasteiger charge is 2.53. The predicted octanol–water partition coefficient (Wildman–Crippen LogP) is 5.51. The highest BCUT2D eigenvalue weighted by atomic mass is 28.4. The van der Waals surface area contributed by atoms with Crippen LogP contribution in [-0.2, 0) is 13.9 Å². The SMILES string of the molecule is CC(C)C(C)(C)[Si](C)(C)C1OC(C)(C)OC=C1O[Si](C)(C)C. The highest BCUT2D eigenvalue weighted by Crippen LogP contribution is 2.49. The summed E-state index contributed by atoms with van der Waals surface area (Å²) in [6.07, 6.45) is 1.82. The van der Waals surface area contributed by atoms with E-state index in [0.29, 0.717) is 5.92 Å². The van der Waals surface area contributed by atoms with Gasteiger partial charge >= 0.3 is 0 Å². The van der Waals surface area contributed by atoms with Crippen molar-refractivity contribution >= 4 is 16.4 Å². The molecule has 0 N–H and O–H groups in total. The molecule has 0 aliphatic carbocycles. The third-order valence-electron chi connectivity index (χ3n) is 5.30. The molecule has 0 bridgehead atoms. The number of hydrogen-bond acceptors (Lipinski definition) is 3. The van der Waals surface area contributed by atoms with Crippen LogP contribution in [0.15, 0.2) is 12.0 Å². The third kappa shape index (κ3) is 4.17. The standard InChI is InChI=1S/C17H36O3Si2/c1-13(2)16(3,4)22(10,11)15-14(20-21(7,8)9)12-18-17(5,6)19-15/h12-13,15H,1-11H3. The molecule has 1 heterocycles. The molecule has 1 rings (SSSR count). The fourth-order valence-electron chi connectivity index (χ4n) is 2.65. The largest absolute Gasteiger partial charge is 0.544 e. The van der Waals surface area contributed by atoms with Crippen LogP contribution in [0.5, 0.6) is 0 Å². The van der Waals surface area contributed by atoms with E-state index in [0.717, 1.165) is 5.76 Å². The minimum absolute atomic E-state index is 0.0281. The fourth-order valence-corrected chi connectivity index (χ4v) is 7.21. The molecule has 0 saturated heterocycles. The van der Waals surface area contributed by atoms with Crippen molar-refractivity contribution in [3.05, 3.63) is 12.0 Å². The lowest BCUT2D eigenvalue weighted by molar-refractivity contribution is -0.210. The van der Waals surface area contributed by atoms with Crippen molar-refractivity contribution in [1.29, 1.82) is 0 Å². The van der Waals surface area contributed by atoms with Crippen molar-refractivity contribution in [1.82, 2.24) is 0 Å². The van der Waals surface area contributed by atoms with Gasteiger partial charge in [-0.3, -0.25) is 0 Å². The second-order valence-corrected chi connectivity index (χ2v) is 19.0. The molecular weight excluding hydrogens is 308 g/mol. The average Bonchev–Trinajstić information content (AvgIpc) is 2.29. The normalized spacial score (nSPS) is 23.1. The van der Waals surface area contributed by atoms with E-state index >= 15 is 0 Å². The van der Waals surface area contributed by atoms with Gasteiger partial charge in [-0.1, -0.05) is 40.8 Å². The summed E-state index contributed by atoms with van der Waals surface area (Å²) in [4.78, 5) is 0. The molecule has 3 nitrogen and oxygen atoms in total. The van der Waals surface area contributed by atoms with Gasteiger partial charge in [0.2, 0.25) is 14.1 Å². The zero-order valence-corrected chi connectivity index (χ0v) is 18.5. The van der Waals surface area contributed by atoms with Crippen molar-refractivity contribution in [3.8, 4) is 0 Å². The van der Waals surface area contributed by atoms with Gasteiger partial charge in [0, 0.05) is 13.8 Å². The van der Waals surface area contributed by atoms with Gasteiger partial charge in [0.1, 0.15) is 17.7 Å². The second-order valence-electron chi connectivity index (χ2n) is 9.35. The van der Waals surface area contributed by atoms with Gasteiger partial charge in [-0.05, 0) is 30.6 Å². The molecule has 0 amide bonds. The maximum Gasteiger partial charge on any atom is 0.242 e. The molecule has 1 aliphatic heterocycles. The Labute approximate surface area is 139 Å². The quantitative estimate of drug-likeness (QED) is 0.615. The summed E-state index contributed by atoms with van der Waals surface area (Å²) in [6, 6.07) is 0. The summed E-state index contributed by atoms with van der Waals surface area (Å²) in [5.74, 6) is 0.912. The molecule has 22 heavy (non-hydrogen) atoms. The first kappa shape index (κ1) is 19.8. The van der Waals surface area contributed by atoms with E-state index in [1.165, 1.54) is 0 Å². The summed E-state index contributed by atoms with van der Waals surface area (Å²) in [5.41, 5.74) is 0.0281. The Kier molecular flexibility index (Phi) is 5.38. The molecule has 0 aromatic heterocycles. The van der Waals surface area contributed by atoms with Crippen LogP contribution in [0.4, 0.5) is 0 Å². The van der Waals surface area contributed by atoms with Crippen molar-refractivity contribution in [2.45, 2.75) is 90.8 Å². The van der Waals surface area contributed by atoms with Gasteiger partial charge in [-0.2, -0.15) is 0 Å². The topological polar surface area (TPSA) is 27.7 Å². The first-order valence-electron chi connectivity index (χ1n) is 8.35. The van der Waals surface area contributed by atoms with Crippen molar-refractivity contribution in [2.75, 3.05) is 0 Å². The molecule has 1 aliphatic rings. The third-order valence-corrected chi connectivity index (χ3v) is 11.8. The highest BCUT2D eigenvalue weighted by molar-refractivity contribution is 6.82. The molecule has 1 unspecified atom stereocenters. The van der Waals surface area contributed by atoms with Gasteiger partial charge in [-0.15, -0.1) is 0 Å².